The highest BCUT2D eigenvalue weighted by Crippen LogP contribution is 2.20. The standard InChI is InChI=1S/C14H20ClF2N3O3/c1-14(2,23)11(17)6-19-13(22)9-5-18-12(15)3-10(9)20-8(4-16)7-21/h3,5,8,11,21,23H,4,6-7H2,1-2H3,(H,18,20)(H,19,22). The Morgan fingerprint density at radius 3 is 2.70 bits per heavy atom. The van der Waals surface area contributed by atoms with Gasteiger partial charge in [0.25, 0.3) is 5.91 Å². The van der Waals surface area contributed by atoms with Gasteiger partial charge in [0.15, 0.2) is 0 Å². The monoisotopic (exact) mass is 351 g/mol. The van der Waals surface area contributed by atoms with Gasteiger partial charge in [-0.3, -0.25) is 4.79 Å². The van der Waals surface area contributed by atoms with Crippen molar-refractivity contribution in [1.29, 1.82) is 0 Å². The first-order valence-corrected chi connectivity index (χ1v) is 7.30. The van der Waals surface area contributed by atoms with E-state index in [0.29, 0.717) is 0 Å². The minimum absolute atomic E-state index is 0.0178. The Labute approximate surface area is 137 Å². The second kappa shape index (κ2) is 8.37. The number of halogens is 3. The largest absolute Gasteiger partial charge is 0.394 e. The Hall–Kier alpha value is -1.51. The molecule has 0 saturated carbocycles. The van der Waals surface area contributed by atoms with Gasteiger partial charge >= 0.3 is 0 Å². The van der Waals surface area contributed by atoms with Crippen molar-refractivity contribution in [3.8, 4) is 0 Å². The molecule has 9 heteroatoms. The van der Waals surface area contributed by atoms with Gasteiger partial charge in [-0.2, -0.15) is 0 Å². The van der Waals surface area contributed by atoms with Crippen molar-refractivity contribution in [1.82, 2.24) is 10.3 Å². The second-order valence-electron chi connectivity index (χ2n) is 5.56. The van der Waals surface area contributed by atoms with E-state index >= 15 is 0 Å². The molecule has 0 aliphatic carbocycles. The molecule has 0 spiro atoms. The summed E-state index contributed by atoms with van der Waals surface area (Å²) in [6, 6.07) is 0.392. The zero-order chi connectivity index (χ0) is 17.6. The number of rotatable bonds is 8. The van der Waals surface area contributed by atoms with Crippen LogP contribution in [0.25, 0.3) is 0 Å². The summed E-state index contributed by atoms with van der Waals surface area (Å²) in [5.74, 6) is -0.667. The van der Waals surface area contributed by atoms with Crippen molar-refractivity contribution >= 4 is 23.2 Å². The van der Waals surface area contributed by atoms with Crippen molar-refractivity contribution < 1.29 is 23.8 Å². The highest BCUT2D eigenvalue weighted by atomic mass is 35.5. The number of hydrogen-bond acceptors (Lipinski definition) is 5. The lowest BCUT2D eigenvalue weighted by Crippen LogP contribution is -2.42. The molecule has 1 amide bonds. The van der Waals surface area contributed by atoms with Crippen LogP contribution in [0.3, 0.4) is 0 Å². The molecular formula is C14H20ClF2N3O3. The van der Waals surface area contributed by atoms with Crippen molar-refractivity contribution in [3.05, 3.63) is 23.0 Å². The van der Waals surface area contributed by atoms with Gasteiger partial charge in [0.05, 0.1) is 36.0 Å². The Morgan fingerprint density at radius 1 is 1.52 bits per heavy atom. The molecule has 0 aliphatic heterocycles. The van der Waals surface area contributed by atoms with Crippen LogP contribution < -0.4 is 10.6 Å². The van der Waals surface area contributed by atoms with E-state index in [2.05, 4.69) is 15.6 Å². The van der Waals surface area contributed by atoms with Crippen molar-refractivity contribution in [3.63, 3.8) is 0 Å². The van der Waals surface area contributed by atoms with Gasteiger partial charge in [0.1, 0.15) is 18.0 Å². The molecule has 0 radical (unpaired) electrons. The lowest BCUT2D eigenvalue weighted by molar-refractivity contribution is -0.00177. The number of carbonyl (C=O) groups excluding carboxylic acids is 1. The molecule has 2 unspecified atom stereocenters. The summed E-state index contributed by atoms with van der Waals surface area (Å²) in [5, 5.41) is 23.6. The van der Waals surface area contributed by atoms with E-state index in [4.69, 9.17) is 16.7 Å². The van der Waals surface area contributed by atoms with Crippen LogP contribution in [0.1, 0.15) is 24.2 Å². The molecule has 1 heterocycles. The van der Waals surface area contributed by atoms with E-state index in [1.165, 1.54) is 19.9 Å². The number of aliphatic hydroxyl groups excluding tert-OH is 1. The summed E-state index contributed by atoms with van der Waals surface area (Å²) >= 11 is 5.75. The Kier molecular flexibility index (Phi) is 7.11. The van der Waals surface area contributed by atoms with Crippen molar-refractivity contribution in [2.24, 2.45) is 0 Å². The van der Waals surface area contributed by atoms with Crippen LogP contribution >= 0.6 is 11.6 Å². The molecule has 0 fully saturated rings. The van der Waals surface area contributed by atoms with Crippen LogP contribution in [-0.2, 0) is 0 Å². The van der Waals surface area contributed by atoms with Crippen molar-refractivity contribution in [2.75, 3.05) is 25.1 Å². The topological polar surface area (TPSA) is 94.5 Å². The first kappa shape index (κ1) is 19.5. The smallest absolute Gasteiger partial charge is 0.255 e. The Balaban J connectivity index is 2.87. The summed E-state index contributed by atoms with van der Waals surface area (Å²) in [4.78, 5) is 15.9. The fourth-order valence-corrected chi connectivity index (χ4v) is 1.77. The van der Waals surface area contributed by atoms with Crippen LogP contribution in [0.2, 0.25) is 5.15 Å². The number of hydrogen-bond donors (Lipinski definition) is 4. The van der Waals surface area contributed by atoms with E-state index in [9.17, 15) is 18.7 Å². The molecule has 1 rings (SSSR count). The van der Waals surface area contributed by atoms with Gasteiger partial charge in [-0.25, -0.2) is 13.8 Å². The number of amides is 1. The number of carbonyl (C=O) groups is 1. The number of aliphatic hydroxyl groups is 2. The van der Waals surface area contributed by atoms with Gasteiger partial charge in [0, 0.05) is 6.20 Å². The first-order valence-electron chi connectivity index (χ1n) is 6.92. The molecule has 1 aromatic heterocycles. The molecule has 4 N–H and O–H groups in total. The minimum atomic E-state index is -1.67. The van der Waals surface area contributed by atoms with E-state index in [0.717, 1.165) is 6.20 Å². The maximum Gasteiger partial charge on any atom is 0.255 e. The summed E-state index contributed by atoms with van der Waals surface area (Å²) in [7, 11) is 0. The fourth-order valence-electron chi connectivity index (χ4n) is 1.61. The summed E-state index contributed by atoms with van der Waals surface area (Å²) in [6.07, 6.45) is -0.511. The third-order valence-corrected chi connectivity index (χ3v) is 3.30. The SMILES string of the molecule is CC(C)(O)C(F)CNC(=O)c1cnc(Cl)cc1NC(CO)CF. The quantitative estimate of drug-likeness (QED) is 0.530. The molecule has 6 nitrogen and oxygen atoms in total. The zero-order valence-corrected chi connectivity index (χ0v) is 13.6. The summed E-state index contributed by atoms with van der Waals surface area (Å²) < 4.78 is 26.4. The van der Waals surface area contributed by atoms with Gasteiger partial charge in [0.2, 0.25) is 0 Å². The number of anilines is 1. The molecule has 0 aromatic carbocycles. The van der Waals surface area contributed by atoms with E-state index < -0.39 is 43.5 Å². The third-order valence-electron chi connectivity index (χ3n) is 3.09. The second-order valence-corrected chi connectivity index (χ2v) is 5.95. The van der Waals surface area contributed by atoms with Crippen LogP contribution in [0.4, 0.5) is 14.5 Å². The van der Waals surface area contributed by atoms with E-state index in [1.807, 2.05) is 0 Å². The Bertz CT molecular complexity index is 536. The maximum absolute atomic E-state index is 13.7. The van der Waals surface area contributed by atoms with Gasteiger partial charge in [-0.05, 0) is 19.9 Å². The Morgan fingerprint density at radius 2 is 2.17 bits per heavy atom. The van der Waals surface area contributed by atoms with Crippen LogP contribution in [-0.4, -0.2) is 58.7 Å². The number of alkyl halides is 2. The average molecular weight is 352 g/mol. The zero-order valence-electron chi connectivity index (χ0n) is 12.8. The highest BCUT2D eigenvalue weighted by Gasteiger charge is 2.27. The number of pyridine rings is 1. The van der Waals surface area contributed by atoms with Gasteiger partial charge in [-0.1, -0.05) is 11.6 Å². The van der Waals surface area contributed by atoms with Crippen LogP contribution in [0, 0.1) is 0 Å². The van der Waals surface area contributed by atoms with Gasteiger partial charge in [-0.15, -0.1) is 0 Å². The molecule has 1 aromatic rings. The summed E-state index contributed by atoms with van der Waals surface area (Å²) in [5.41, 5.74) is -1.41. The first-order chi connectivity index (χ1) is 10.7. The molecule has 23 heavy (non-hydrogen) atoms. The van der Waals surface area contributed by atoms with Crippen LogP contribution in [0.5, 0.6) is 0 Å². The average Bonchev–Trinajstić information content (AvgIpc) is 2.48. The van der Waals surface area contributed by atoms with Crippen LogP contribution in [0.15, 0.2) is 12.3 Å². The lowest BCUT2D eigenvalue weighted by atomic mass is 10.0. The normalized spacial score (nSPS) is 14.2. The predicted octanol–water partition coefficient (Wildman–Crippen LogP) is 1.32. The van der Waals surface area contributed by atoms with E-state index in [1.54, 1.807) is 0 Å². The molecule has 0 bridgehead atoms. The van der Waals surface area contributed by atoms with Gasteiger partial charge < -0.3 is 20.8 Å². The number of aromatic nitrogens is 1. The number of nitrogens with zero attached hydrogens (tertiary/aromatic N) is 1. The molecule has 0 saturated heterocycles. The third kappa shape index (κ3) is 5.89. The number of nitrogens with one attached hydrogen (secondary N) is 2. The molecule has 0 aliphatic rings. The lowest BCUT2D eigenvalue weighted by Gasteiger charge is -2.23. The maximum atomic E-state index is 13.7. The minimum Gasteiger partial charge on any atom is -0.394 e. The molecular weight excluding hydrogens is 332 g/mol. The fraction of sp³-hybridized carbons (Fsp3) is 0.571. The van der Waals surface area contributed by atoms with E-state index in [-0.39, 0.29) is 16.4 Å². The summed E-state index contributed by atoms with van der Waals surface area (Å²) in [6.45, 7) is 0.823. The van der Waals surface area contributed by atoms with Crippen molar-refractivity contribution in [2.45, 2.75) is 31.7 Å². The molecule has 2 atom stereocenters. The highest BCUT2D eigenvalue weighted by molar-refractivity contribution is 6.29. The molecule has 130 valence electrons. The predicted molar refractivity (Wildman–Crippen MR) is 83.2 cm³/mol.